The van der Waals surface area contributed by atoms with Gasteiger partial charge in [-0.05, 0) is 24.3 Å². The van der Waals surface area contributed by atoms with E-state index < -0.39 is 22.4 Å². The number of rotatable bonds is 6. The van der Waals surface area contributed by atoms with E-state index in [1.165, 1.54) is 0 Å². The maximum absolute atomic E-state index is 13.4. The van der Waals surface area contributed by atoms with Gasteiger partial charge in [0.2, 0.25) is 5.82 Å². The Balaban J connectivity index is 1.85. The van der Waals surface area contributed by atoms with Crippen LogP contribution in [0.4, 0.5) is 10.1 Å². The lowest BCUT2D eigenvalue weighted by molar-refractivity contribution is -0.387. The van der Waals surface area contributed by atoms with Gasteiger partial charge in [0.15, 0.2) is 0 Å². The quantitative estimate of drug-likeness (QED) is 0.355. The summed E-state index contributed by atoms with van der Waals surface area (Å²) in [5.74, 6) is -1.22. The molecule has 114 valence electrons. The summed E-state index contributed by atoms with van der Waals surface area (Å²) in [6.07, 6.45) is 0. The second kappa shape index (κ2) is 7.16. The van der Waals surface area contributed by atoms with Gasteiger partial charge in [-0.3, -0.25) is 10.1 Å². The number of nitro benzene ring substituents is 1. The summed E-state index contributed by atoms with van der Waals surface area (Å²) < 4.78 is 23.6. The predicted molar refractivity (Wildman–Crippen MR) is 75.3 cm³/mol. The van der Waals surface area contributed by atoms with Crippen LogP contribution in [-0.4, -0.2) is 24.1 Å². The Kier molecular flexibility index (Phi) is 5.02. The van der Waals surface area contributed by atoms with Crippen LogP contribution in [0, 0.1) is 15.9 Å². The highest BCUT2D eigenvalue weighted by atomic mass is 19.1. The highest BCUT2D eigenvalue weighted by molar-refractivity contribution is 5.89. The molecule has 0 fully saturated rings. The van der Waals surface area contributed by atoms with E-state index in [2.05, 4.69) is 0 Å². The number of carbonyl (C=O) groups is 1. The first kappa shape index (κ1) is 15.4. The summed E-state index contributed by atoms with van der Waals surface area (Å²) in [5.41, 5.74) is -0.785. The Morgan fingerprint density at radius 1 is 1.14 bits per heavy atom. The number of esters is 1. The molecule has 2 aromatic carbocycles. The lowest BCUT2D eigenvalue weighted by Gasteiger charge is -2.07. The average molecular weight is 305 g/mol. The molecule has 0 aliphatic rings. The summed E-state index contributed by atoms with van der Waals surface area (Å²) >= 11 is 0. The largest absolute Gasteiger partial charge is 0.490 e. The first-order chi connectivity index (χ1) is 10.6. The summed E-state index contributed by atoms with van der Waals surface area (Å²) in [4.78, 5) is 21.3. The van der Waals surface area contributed by atoms with Crippen LogP contribution in [-0.2, 0) is 4.74 Å². The van der Waals surface area contributed by atoms with Crippen LogP contribution in [0.25, 0.3) is 0 Å². The van der Waals surface area contributed by atoms with Crippen molar-refractivity contribution in [3.63, 3.8) is 0 Å². The van der Waals surface area contributed by atoms with E-state index >= 15 is 0 Å². The third-order valence-electron chi connectivity index (χ3n) is 2.71. The first-order valence-corrected chi connectivity index (χ1v) is 6.37. The number of benzene rings is 2. The Morgan fingerprint density at radius 2 is 1.86 bits per heavy atom. The fourth-order valence-electron chi connectivity index (χ4n) is 1.68. The molecule has 0 heterocycles. The fraction of sp³-hybridized carbons (Fsp3) is 0.133. The van der Waals surface area contributed by atoms with Crippen LogP contribution in [0.2, 0.25) is 0 Å². The maximum Gasteiger partial charge on any atom is 0.338 e. The minimum atomic E-state index is -1.08. The normalized spacial score (nSPS) is 10.0. The second-order valence-corrected chi connectivity index (χ2v) is 4.22. The summed E-state index contributed by atoms with van der Waals surface area (Å²) in [5, 5.41) is 10.5. The Bertz CT molecular complexity index is 675. The van der Waals surface area contributed by atoms with Crippen molar-refractivity contribution in [1.29, 1.82) is 0 Å². The smallest absolute Gasteiger partial charge is 0.338 e. The van der Waals surface area contributed by atoms with Gasteiger partial charge in [0.25, 0.3) is 0 Å². The zero-order valence-corrected chi connectivity index (χ0v) is 11.4. The van der Waals surface area contributed by atoms with Gasteiger partial charge in [-0.25, -0.2) is 4.79 Å². The zero-order chi connectivity index (χ0) is 15.9. The summed E-state index contributed by atoms with van der Waals surface area (Å²) in [7, 11) is 0. The van der Waals surface area contributed by atoms with Crippen molar-refractivity contribution < 1.29 is 23.6 Å². The van der Waals surface area contributed by atoms with Crippen LogP contribution in [0.3, 0.4) is 0 Å². The molecule has 0 radical (unpaired) electrons. The van der Waals surface area contributed by atoms with E-state index in [4.69, 9.17) is 9.47 Å². The molecule has 0 N–H and O–H groups in total. The van der Waals surface area contributed by atoms with E-state index in [0.717, 1.165) is 18.2 Å². The number of carbonyl (C=O) groups excluding carboxylic acids is 1. The van der Waals surface area contributed by atoms with Gasteiger partial charge >= 0.3 is 11.7 Å². The lowest BCUT2D eigenvalue weighted by atomic mass is 10.2. The number of nitrogens with zero attached hydrogens (tertiary/aromatic N) is 1. The van der Waals surface area contributed by atoms with E-state index in [0.29, 0.717) is 5.75 Å². The molecular weight excluding hydrogens is 293 g/mol. The number of ether oxygens (including phenoxy) is 2. The number of hydrogen-bond donors (Lipinski definition) is 0. The van der Waals surface area contributed by atoms with Crippen molar-refractivity contribution in [2.24, 2.45) is 0 Å². The number of hydrogen-bond acceptors (Lipinski definition) is 5. The molecule has 0 amide bonds. The molecule has 0 aliphatic carbocycles. The molecule has 6 nitrogen and oxygen atoms in total. The van der Waals surface area contributed by atoms with Crippen LogP contribution >= 0.6 is 0 Å². The van der Waals surface area contributed by atoms with Gasteiger partial charge in [-0.2, -0.15) is 4.39 Å². The fourth-order valence-corrected chi connectivity index (χ4v) is 1.68. The zero-order valence-electron chi connectivity index (χ0n) is 11.4. The Labute approximate surface area is 125 Å². The van der Waals surface area contributed by atoms with Crippen LogP contribution in [0.5, 0.6) is 5.75 Å². The topological polar surface area (TPSA) is 78.7 Å². The SMILES string of the molecule is O=C(OCCOc1ccccc1)c1ccc([N+](=O)[O-])c(F)c1. The number of halogens is 1. The van der Waals surface area contributed by atoms with Crippen molar-refractivity contribution in [1.82, 2.24) is 0 Å². The van der Waals surface area contributed by atoms with E-state index in [1.807, 2.05) is 6.07 Å². The monoisotopic (exact) mass is 305 g/mol. The van der Waals surface area contributed by atoms with Crippen molar-refractivity contribution in [2.45, 2.75) is 0 Å². The third kappa shape index (κ3) is 4.02. The highest BCUT2D eigenvalue weighted by Gasteiger charge is 2.17. The standard InChI is InChI=1S/C15H12FNO5/c16-13-10-11(6-7-14(13)17(19)20)15(18)22-9-8-21-12-4-2-1-3-5-12/h1-7,10H,8-9H2. The van der Waals surface area contributed by atoms with Crippen LogP contribution < -0.4 is 4.74 Å². The predicted octanol–water partition coefficient (Wildman–Crippen LogP) is 2.97. The second-order valence-electron chi connectivity index (χ2n) is 4.22. The number of nitro groups is 1. The van der Waals surface area contributed by atoms with E-state index in [-0.39, 0.29) is 18.8 Å². The molecular formula is C15H12FNO5. The minimum Gasteiger partial charge on any atom is -0.490 e. The first-order valence-electron chi connectivity index (χ1n) is 6.37. The molecule has 2 rings (SSSR count). The molecule has 0 aromatic heterocycles. The highest BCUT2D eigenvalue weighted by Crippen LogP contribution is 2.18. The maximum atomic E-state index is 13.4. The molecule has 0 unspecified atom stereocenters. The number of para-hydroxylation sites is 1. The molecule has 0 atom stereocenters. The summed E-state index contributed by atoms with van der Waals surface area (Å²) in [6.45, 7) is 0.123. The van der Waals surface area contributed by atoms with Gasteiger partial charge in [0, 0.05) is 6.07 Å². The minimum absolute atomic E-state index is 0.0215. The molecule has 2 aromatic rings. The van der Waals surface area contributed by atoms with Crippen molar-refractivity contribution in [3.8, 4) is 5.75 Å². The lowest BCUT2D eigenvalue weighted by Crippen LogP contribution is -2.12. The van der Waals surface area contributed by atoms with Crippen LogP contribution in [0.15, 0.2) is 48.5 Å². The third-order valence-corrected chi connectivity index (χ3v) is 2.71. The van der Waals surface area contributed by atoms with Crippen molar-refractivity contribution >= 4 is 11.7 Å². The summed E-state index contributed by atoms with van der Waals surface area (Å²) in [6, 6.07) is 11.8. The van der Waals surface area contributed by atoms with E-state index in [1.54, 1.807) is 24.3 Å². The van der Waals surface area contributed by atoms with Crippen molar-refractivity contribution in [3.05, 3.63) is 70.0 Å². The molecule has 0 saturated carbocycles. The van der Waals surface area contributed by atoms with Gasteiger partial charge in [-0.1, -0.05) is 18.2 Å². The van der Waals surface area contributed by atoms with E-state index in [9.17, 15) is 19.3 Å². The molecule has 0 spiro atoms. The van der Waals surface area contributed by atoms with Crippen molar-refractivity contribution in [2.75, 3.05) is 13.2 Å². The van der Waals surface area contributed by atoms with Gasteiger partial charge < -0.3 is 9.47 Å². The molecule has 7 heteroatoms. The Hall–Kier alpha value is -2.96. The Morgan fingerprint density at radius 3 is 2.50 bits per heavy atom. The molecule has 0 aliphatic heterocycles. The van der Waals surface area contributed by atoms with Gasteiger partial charge in [-0.15, -0.1) is 0 Å². The van der Waals surface area contributed by atoms with Crippen LogP contribution in [0.1, 0.15) is 10.4 Å². The van der Waals surface area contributed by atoms with Gasteiger partial charge in [0.05, 0.1) is 10.5 Å². The molecule has 0 bridgehead atoms. The molecule has 22 heavy (non-hydrogen) atoms. The average Bonchev–Trinajstić information content (AvgIpc) is 2.52. The van der Waals surface area contributed by atoms with Gasteiger partial charge in [0.1, 0.15) is 19.0 Å². The molecule has 0 saturated heterocycles.